The van der Waals surface area contributed by atoms with Crippen LogP contribution in [0.1, 0.15) is 30.6 Å². The van der Waals surface area contributed by atoms with Gasteiger partial charge in [0.2, 0.25) is 0 Å². The first kappa shape index (κ1) is 16.1. The highest BCUT2D eigenvalue weighted by Crippen LogP contribution is 2.17. The molecule has 0 radical (unpaired) electrons. The molecule has 0 saturated heterocycles. The van der Waals surface area contributed by atoms with Crippen molar-refractivity contribution in [2.45, 2.75) is 26.3 Å². The average molecular weight is 331 g/mol. The molecule has 1 rings (SSSR count). The first-order valence-corrected chi connectivity index (χ1v) is 7.08. The highest BCUT2D eigenvalue weighted by molar-refractivity contribution is 9.10. The molecule has 0 aliphatic rings. The summed E-state index contributed by atoms with van der Waals surface area (Å²) in [5.41, 5.74) is 6.02. The molecule has 0 saturated carbocycles. The van der Waals surface area contributed by atoms with Gasteiger partial charge in [-0.05, 0) is 30.5 Å². The van der Waals surface area contributed by atoms with Gasteiger partial charge in [-0.1, -0.05) is 29.8 Å². The molecular formula is C14H20BrFN2O. The molecule has 5 heteroatoms. The number of halogens is 2. The van der Waals surface area contributed by atoms with Crippen molar-refractivity contribution in [1.82, 2.24) is 4.90 Å². The van der Waals surface area contributed by atoms with Crippen molar-refractivity contribution in [1.29, 1.82) is 0 Å². The van der Waals surface area contributed by atoms with Gasteiger partial charge in [0.05, 0.1) is 5.56 Å². The standard InChI is InChI=1S/C14H20BrFN2O/c1-9(2)13(17)6-7-18(3)14(19)11-5-4-10(15)8-12(11)16/h4-5,8-9,13H,6-7,17H2,1-3H3. The van der Waals surface area contributed by atoms with Gasteiger partial charge in [-0.15, -0.1) is 0 Å². The maximum Gasteiger partial charge on any atom is 0.256 e. The summed E-state index contributed by atoms with van der Waals surface area (Å²) in [4.78, 5) is 13.6. The van der Waals surface area contributed by atoms with Crippen LogP contribution in [0.2, 0.25) is 0 Å². The number of amides is 1. The minimum Gasteiger partial charge on any atom is -0.342 e. The molecule has 0 fully saturated rings. The topological polar surface area (TPSA) is 46.3 Å². The fourth-order valence-electron chi connectivity index (χ4n) is 1.65. The predicted molar refractivity (Wildman–Crippen MR) is 78.5 cm³/mol. The number of benzene rings is 1. The summed E-state index contributed by atoms with van der Waals surface area (Å²) in [6, 6.07) is 4.48. The Kier molecular flexibility index (Phi) is 5.94. The summed E-state index contributed by atoms with van der Waals surface area (Å²) in [6.45, 7) is 4.61. The van der Waals surface area contributed by atoms with Gasteiger partial charge < -0.3 is 10.6 Å². The normalized spacial score (nSPS) is 12.6. The lowest BCUT2D eigenvalue weighted by Gasteiger charge is -2.21. The molecule has 3 nitrogen and oxygen atoms in total. The van der Waals surface area contributed by atoms with Crippen LogP contribution in [-0.2, 0) is 0 Å². The SMILES string of the molecule is CC(C)C(N)CCN(C)C(=O)c1ccc(Br)cc1F. The largest absolute Gasteiger partial charge is 0.342 e. The number of nitrogens with zero attached hydrogens (tertiary/aromatic N) is 1. The van der Waals surface area contributed by atoms with Gasteiger partial charge in [0.25, 0.3) is 5.91 Å². The average Bonchev–Trinajstić information content (AvgIpc) is 2.34. The molecule has 1 amide bonds. The Bertz CT molecular complexity index is 451. The molecule has 0 spiro atoms. The van der Waals surface area contributed by atoms with Gasteiger partial charge in [-0.3, -0.25) is 4.79 Å². The monoisotopic (exact) mass is 330 g/mol. The molecule has 0 aliphatic heterocycles. The number of hydrogen-bond donors (Lipinski definition) is 1. The van der Waals surface area contributed by atoms with Crippen LogP contribution in [0.4, 0.5) is 4.39 Å². The second-order valence-corrected chi connectivity index (χ2v) is 5.96. The molecule has 0 aromatic heterocycles. The van der Waals surface area contributed by atoms with Crippen molar-refractivity contribution in [2.24, 2.45) is 11.7 Å². The number of nitrogens with two attached hydrogens (primary N) is 1. The van der Waals surface area contributed by atoms with Crippen molar-refractivity contribution in [2.75, 3.05) is 13.6 Å². The van der Waals surface area contributed by atoms with Crippen LogP contribution in [-0.4, -0.2) is 30.4 Å². The first-order chi connectivity index (χ1) is 8.82. The van der Waals surface area contributed by atoms with E-state index in [2.05, 4.69) is 15.9 Å². The lowest BCUT2D eigenvalue weighted by Crippen LogP contribution is -2.35. The van der Waals surface area contributed by atoms with Crippen molar-refractivity contribution in [3.05, 3.63) is 34.1 Å². The third-order valence-electron chi connectivity index (χ3n) is 3.16. The number of hydrogen-bond acceptors (Lipinski definition) is 2. The van der Waals surface area contributed by atoms with E-state index >= 15 is 0 Å². The van der Waals surface area contributed by atoms with Crippen molar-refractivity contribution in [3.8, 4) is 0 Å². The van der Waals surface area contributed by atoms with Gasteiger partial charge in [-0.2, -0.15) is 0 Å². The molecule has 106 valence electrons. The Morgan fingerprint density at radius 2 is 2.11 bits per heavy atom. The zero-order chi connectivity index (χ0) is 14.6. The highest BCUT2D eigenvalue weighted by atomic mass is 79.9. The molecule has 1 aromatic rings. The van der Waals surface area contributed by atoms with E-state index in [9.17, 15) is 9.18 Å². The van der Waals surface area contributed by atoms with Crippen LogP contribution in [0.15, 0.2) is 22.7 Å². The van der Waals surface area contributed by atoms with E-state index in [1.165, 1.54) is 17.0 Å². The van der Waals surface area contributed by atoms with E-state index in [1.807, 2.05) is 13.8 Å². The summed E-state index contributed by atoms with van der Waals surface area (Å²) in [5.74, 6) is -0.465. The van der Waals surface area contributed by atoms with E-state index in [4.69, 9.17) is 5.73 Å². The molecule has 0 bridgehead atoms. The fourth-order valence-corrected chi connectivity index (χ4v) is 1.98. The third-order valence-corrected chi connectivity index (χ3v) is 3.66. The van der Waals surface area contributed by atoms with Crippen LogP contribution in [0.25, 0.3) is 0 Å². The van der Waals surface area contributed by atoms with E-state index in [1.54, 1.807) is 13.1 Å². The molecule has 19 heavy (non-hydrogen) atoms. The van der Waals surface area contributed by atoms with Gasteiger partial charge in [0.15, 0.2) is 0 Å². The minimum absolute atomic E-state index is 0.0463. The zero-order valence-corrected chi connectivity index (χ0v) is 13.1. The maximum absolute atomic E-state index is 13.7. The van der Waals surface area contributed by atoms with Gasteiger partial charge >= 0.3 is 0 Å². The smallest absolute Gasteiger partial charge is 0.256 e. The van der Waals surface area contributed by atoms with Gasteiger partial charge in [0.1, 0.15) is 5.82 Å². The first-order valence-electron chi connectivity index (χ1n) is 6.29. The van der Waals surface area contributed by atoms with E-state index in [0.29, 0.717) is 23.4 Å². The van der Waals surface area contributed by atoms with Crippen molar-refractivity contribution >= 4 is 21.8 Å². The Morgan fingerprint density at radius 3 is 2.63 bits per heavy atom. The summed E-state index contributed by atoms with van der Waals surface area (Å²) in [5, 5.41) is 0. The number of carbonyl (C=O) groups excluding carboxylic acids is 1. The molecule has 1 unspecified atom stereocenters. The lowest BCUT2D eigenvalue weighted by atomic mass is 10.0. The lowest BCUT2D eigenvalue weighted by molar-refractivity contribution is 0.0784. The summed E-state index contributed by atoms with van der Waals surface area (Å²) < 4.78 is 14.3. The third kappa shape index (κ3) is 4.58. The van der Waals surface area contributed by atoms with Crippen LogP contribution in [0.5, 0.6) is 0 Å². The molecule has 0 aliphatic carbocycles. The summed E-state index contributed by atoms with van der Waals surface area (Å²) >= 11 is 3.17. The number of rotatable bonds is 5. The molecule has 0 heterocycles. The van der Waals surface area contributed by atoms with Gasteiger partial charge in [0, 0.05) is 24.1 Å². The quantitative estimate of drug-likeness (QED) is 0.901. The van der Waals surface area contributed by atoms with Crippen LogP contribution >= 0.6 is 15.9 Å². The molecule has 2 N–H and O–H groups in total. The second kappa shape index (κ2) is 7.01. The second-order valence-electron chi connectivity index (χ2n) is 5.05. The Morgan fingerprint density at radius 1 is 1.47 bits per heavy atom. The molecular weight excluding hydrogens is 311 g/mol. The number of carbonyl (C=O) groups is 1. The Labute approximate surface area is 122 Å². The van der Waals surface area contributed by atoms with Crippen LogP contribution in [0.3, 0.4) is 0 Å². The fraction of sp³-hybridized carbons (Fsp3) is 0.500. The predicted octanol–water partition coefficient (Wildman–Crippen LogP) is 3.03. The van der Waals surface area contributed by atoms with Crippen molar-refractivity contribution in [3.63, 3.8) is 0 Å². The van der Waals surface area contributed by atoms with Crippen molar-refractivity contribution < 1.29 is 9.18 Å². The Hall–Kier alpha value is -0.940. The molecule has 1 atom stereocenters. The summed E-state index contributed by atoms with van der Waals surface area (Å²) in [6.07, 6.45) is 0.706. The summed E-state index contributed by atoms with van der Waals surface area (Å²) in [7, 11) is 1.66. The molecule has 1 aromatic carbocycles. The van der Waals surface area contributed by atoms with E-state index in [-0.39, 0.29) is 17.5 Å². The highest BCUT2D eigenvalue weighted by Gasteiger charge is 2.17. The Balaban J connectivity index is 2.66. The van der Waals surface area contributed by atoms with Crippen LogP contribution < -0.4 is 5.73 Å². The zero-order valence-electron chi connectivity index (χ0n) is 11.5. The van der Waals surface area contributed by atoms with E-state index < -0.39 is 5.82 Å². The van der Waals surface area contributed by atoms with Gasteiger partial charge in [-0.25, -0.2) is 4.39 Å². The maximum atomic E-state index is 13.7. The van der Waals surface area contributed by atoms with Crippen LogP contribution in [0, 0.1) is 11.7 Å². The minimum atomic E-state index is -0.514. The van der Waals surface area contributed by atoms with E-state index in [0.717, 1.165) is 0 Å².